The maximum absolute atomic E-state index is 13.5. The van der Waals surface area contributed by atoms with Gasteiger partial charge in [0.25, 0.3) is 0 Å². The van der Waals surface area contributed by atoms with E-state index in [1.165, 1.54) is 5.69 Å². The van der Waals surface area contributed by atoms with Crippen LogP contribution in [-0.2, 0) is 9.53 Å². The fraction of sp³-hybridized carbons (Fsp3) is 0.667. The fourth-order valence-corrected chi connectivity index (χ4v) is 6.49. The second-order valence-electron chi connectivity index (χ2n) is 11.2. The standard InChI is InChI=1S/C27H41N7O3/c1-27(36)12-3-2-4-13-33-25(35)21-18-28-26(31-24(21)34(33)23-7-5-6-22(27)30-23)29-19-8-10-20(11-9-19)32-14-16-37-17-15-32/h2,4,8-11,21-24,26,28-31,36H,3,5-7,12-18H2,1H3/b4-2-. The van der Waals surface area contributed by atoms with E-state index in [2.05, 4.69) is 67.6 Å². The summed E-state index contributed by atoms with van der Waals surface area (Å²) in [5.74, 6) is -0.0151. The molecular formula is C27H41N7O3. The van der Waals surface area contributed by atoms with Crippen molar-refractivity contribution < 1.29 is 14.6 Å². The number of ether oxygens (including phenoxy) is 1. The largest absolute Gasteiger partial charge is 0.389 e. The predicted molar refractivity (Wildman–Crippen MR) is 142 cm³/mol. The van der Waals surface area contributed by atoms with Gasteiger partial charge in [0.2, 0.25) is 5.91 Å². The van der Waals surface area contributed by atoms with Gasteiger partial charge in [-0.3, -0.25) is 25.8 Å². The van der Waals surface area contributed by atoms with E-state index in [4.69, 9.17) is 4.74 Å². The van der Waals surface area contributed by atoms with Gasteiger partial charge in [-0.05, 0) is 63.3 Å². The molecular weight excluding hydrogens is 470 g/mol. The van der Waals surface area contributed by atoms with Crippen LogP contribution in [0.25, 0.3) is 0 Å². The first-order valence-electron chi connectivity index (χ1n) is 13.9. The van der Waals surface area contributed by atoms with Crippen LogP contribution in [0.4, 0.5) is 11.4 Å². The molecule has 0 spiro atoms. The number of rotatable bonds is 3. The van der Waals surface area contributed by atoms with Crippen molar-refractivity contribution >= 4 is 17.3 Å². The number of nitrogens with zero attached hydrogens (tertiary/aromatic N) is 3. The number of allylic oxidation sites excluding steroid dienone is 1. The van der Waals surface area contributed by atoms with Crippen LogP contribution in [-0.4, -0.2) is 90.7 Å². The van der Waals surface area contributed by atoms with Crippen molar-refractivity contribution in [1.29, 1.82) is 0 Å². The molecule has 5 aliphatic rings. The number of piperidine rings is 1. The van der Waals surface area contributed by atoms with Gasteiger partial charge in [0.05, 0.1) is 43.6 Å². The van der Waals surface area contributed by atoms with Gasteiger partial charge < -0.3 is 20.1 Å². The molecule has 5 heterocycles. The van der Waals surface area contributed by atoms with Gasteiger partial charge >= 0.3 is 0 Å². The summed E-state index contributed by atoms with van der Waals surface area (Å²) in [6, 6.07) is 8.53. The van der Waals surface area contributed by atoms with Crippen LogP contribution < -0.4 is 26.2 Å². The number of carbonyl (C=O) groups excluding carboxylic acids is 1. The topological polar surface area (TPSA) is 104 Å². The van der Waals surface area contributed by atoms with Gasteiger partial charge in [-0.25, -0.2) is 0 Å². The summed E-state index contributed by atoms with van der Waals surface area (Å²) in [6.07, 6.45) is 8.32. The molecule has 10 heteroatoms. The van der Waals surface area contributed by atoms with Crippen LogP contribution in [0.5, 0.6) is 0 Å². The molecule has 2 bridgehead atoms. The van der Waals surface area contributed by atoms with Gasteiger partial charge in [0, 0.05) is 37.1 Å². The lowest BCUT2D eigenvalue weighted by Crippen LogP contribution is -2.69. The number of anilines is 2. The highest BCUT2D eigenvalue weighted by Crippen LogP contribution is 2.34. The first-order valence-corrected chi connectivity index (χ1v) is 13.9. The molecule has 6 rings (SSSR count). The number of carbonyl (C=O) groups is 1. The Bertz CT molecular complexity index is 981. The van der Waals surface area contributed by atoms with Crippen molar-refractivity contribution in [3.8, 4) is 0 Å². The third kappa shape index (κ3) is 5.10. The number of aliphatic hydroxyl groups is 1. The quantitative estimate of drug-likeness (QED) is 0.380. The summed E-state index contributed by atoms with van der Waals surface area (Å²) in [5, 5.41) is 29.8. The smallest absolute Gasteiger partial charge is 0.244 e. The summed E-state index contributed by atoms with van der Waals surface area (Å²) in [5.41, 5.74) is 1.45. The van der Waals surface area contributed by atoms with Gasteiger partial charge in [-0.1, -0.05) is 12.2 Å². The van der Waals surface area contributed by atoms with Gasteiger partial charge in [-0.15, -0.1) is 0 Å². The Morgan fingerprint density at radius 1 is 1.11 bits per heavy atom. The molecule has 6 atom stereocenters. The highest BCUT2D eigenvalue weighted by molar-refractivity contribution is 5.82. The summed E-state index contributed by atoms with van der Waals surface area (Å²) in [4.78, 5) is 15.9. The lowest BCUT2D eigenvalue weighted by molar-refractivity contribution is -0.146. The Kier molecular flexibility index (Phi) is 7.13. The van der Waals surface area contributed by atoms with E-state index < -0.39 is 5.60 Å². The zero-order valence-electron chi connectivity index (χ0n) is 21.7. The second-order valence-corrected chi connectivity index (χ2v) is 11.2. The zero-order valence-corrected chi connectivity index (χ0v) is 21.7. The van der Waals surface area contributed by atoms with E-state index in [1.54, 1.807) is 0 Å². The fourth-order valence-electron chi connectivity index (χ4n) is 6.49. The maximum atomic E-state index is 13.5. The monoisotopic (exact) mass is 511 g/mol. The average Bonchev–Trinajstić information content (AvgIpc) is 3.19. The number of benzene rings is 1. The van der Waals surface area contributed by atoms with Gasteiger partial charge in [0.15, 0.2) is 0 Å². The van der Waals surface area contributed by atoms with Crippen LogP contribution in [0, 0.1) is 5.92 Å². The molecule has 6 unspecified atom stereocenters. The SMILES string of the molecule is CC1(O)CC/C=C\CN2C(=O)C3CNC(Nc4ccc(N5CCOCC5)cc4)NC3N2C2CCCC1N2. The van der Waals surface area contributed by atoms with Crippen LogP contribution in [0.1, 0.15) is 39.0 Å². The third-order valence-electron chi connectivity index (χ3n) is 8.65. The first kappa shape index (κ1) is 25.1. The number of hydrogen-bond acceptors (Lipinski definition) is 9. The number of amides is 1. The molecule has 1 amide bonds. The number of hydrazine groups is 1. The molecule has 1 aromatic rings. The minimum Gasteiger partial charge on any atom is -0.389 e. The first-order chi connectivity index (χ1) is 18.0. The summed E-state index contributed by atoms with van der Waals surface area (Å²) in [7, 11) is 0. The normalized spacial score (nSPS) is 37.9. The van der Waals surface area contributed by atoms with Crippen molar-refractivity contribution in [2.75, 3.05) is 49.6 Å². The third-order valence-corrected chi connectivity index (χ3v) is 8.65. The average molecular weight is 512 g/mol. The highest BCUT2D eigenvalue weighted by Gasteiger charge is 2.52. The number of nitrogens with one attached hydrogen (secondary N) is 4. The minimum absolute atomic E-state index is 0.00488. The Balaban J connectivity index is 1.18. The van der Waals surface area contributed by atoms with Crippen molar-refractivity contribution in [3.63, 3.8) is 0 Å². The molecule has 10 nitrogen and oxygen atoms in total. The van der Waals surface area contributed by atoms with Crippen LogP contribution >= 0.6 is 0 Å². The van der Waals surface area contributed by atoms with E-state index in [0.717, 1.165) is 57.7 Å². The molecule has 0 aliphatic carbocycles. The molecule has 5 aliphatic heterocycles. The van der Waals surface area contributed by atoms with Crippen molar-refractivity contribution in [3.05, 3.63) is 36.4 Å². The van der Waals surface area contributed by atoms with Crippen LogP contribution in [0.15, 0.2) is 36.4 Å². The van der Waals surface area contributed by atoms with Crippen LogP contribution in [0.2, 0.25) is 0 Å². The van der Waals surface area contributed by atoms with Gasteiger partial charge in [0.1, 0.15) is 6.29 Å². The zero-order chi connectivity index (χ0) is 25.4. The van der Waals surface area contributed by atoms with Crippen molar-refractivity contribution in [2.45, 2.75) is 69.3 Å². The minimum atomic E-state index is -0.777. The molecule has 5 N–H and O–H groups in total. The number of fused-ring (bicyclic) bond motifs is 6. The molecule has 4 saturated heterocycles. The maximum Gasteiger partial charge on any atom is 0.244 e. The Hall–Kier alpha value is -2.21. The van der Waals surface area contributed by atoms with E-state index in [0.29, 0.717) is 19.5 Å². The lowest BCUT2D eigenvalue weighted by Gasteiger charge is -2.47. The van der Waals surface area contributed by atoms with Crippen molar-refractivity contribution in [1.82, 2.24) is 26.0 Å². The number of hydrogen-bond donors (Lipinski definition) is 5. The van der Waals surface area contributed by atoms with E-state index in [1.807, 2.05) is 11.9 Å². The summed E-state index contributed by atoms with van der Waals surface area (Å²) >= 11 is 0. The number of morpholine rings is 1. The van der Waals surface area contributed by atoms with Gasteiger partial charge in [-0.2, -0.15) is 5.01 Å². The summed E-state index contributed by atoms with van der Waals surface area (Å²) < 4.78 is 5.47. The molecule has 0 radical (unpaired) electrons. The molecule has 0 aromatic heterocycles. The van der Waals surface area contributed by atoms with E-state index >= 15 is 0 Å². The molecule has 0 saturated carbocycles. The molecule has 202 valence electrons. The molecule has 1 aromatic carbocycles. The highest BCUT2D eigenvalue weighted by atomic mass is 16.5. The molecule has 37 heavy (non-hydrogen) atoms. The Morgan fingerprint density at radius 3 is 2.73 bits per heavy atom. The summed E-state index contributed by atoms with van der Waals surface area (Å²) in [6.45, 7) is 6.49. The second kappa shape index (κ2) is 10.5. The Morgan fingerprint density at radius 2 is 1.92 bits per heavy atom. The molecule has 4 fully saturated rings. The van der Waals surface area contributed by atoms with E-state index in [9.17, 15) is 9.90 Å². The van der Waals surface area contributed by atoms with Crippen molar-refractivity contribution in [2.24, 2.45) is 5.92 Å². The Labute approximate surface area is 219 Å². The van der Waals surface area contributed by atoms with Crippen LogP contribution in [0.3, 0.4) is 0 Å². The van der Waals surface area contributed by atoms with E-state index in [-0.39, 0.29) is 36.5 Å². The lowest BCUT2D eigenvalue weighted by atomic mass is 9.85. The predicted octanol–water partition coefficient (Wildman–Crippen LogP) is 0.982.